The Kier molecular flexibility index (Phi) is 4.15. The summed E-state index contributed by atoms with van der Waals surface area (Å²) in [6, 6.07) is 13.6. The maximum Gasteiger partial charge on any atom is 0.228 e. The van der Waals surface area contributed by atoms with Crippen molar-refractivity contribution in [2.45, 2.75) is 52.9 Å². The van der Waals surface area contributed by atoms with Crippen LogP contribution in [0.15, 0.2) is 42.6 Å². The molecule has 2 heterocycles. The molecule has 0 spiro atoms. The van der Waals surface area contributed by atoms with Crippen LogP contribution in [0.3, 0.4) is 0 Å². The zero-order valence-electron chi connectivity index (χ0n) is 19.0. The molecule has 156 valence electrons. The fourth-order valence-electron chi connectivity index (χ4n) is 6.18. The highest BCUT2D eigenvalue weighted by molar-refractivity contribution is 6.07. The molecule has 3 aromatic carbocycles. The van der Waals surface area contributed by atoms with E-state index in [9.17, 15) is 0 Å². The predicted molar refractivity (Wildman–Crippen MR) is 128 cm³/mol. The van der Waals surface area contributed by atoms with Gasteiger partial charge in [0, 0.05) is 11.6 Å². The summed E-state index contributed by atoms with van der Waals surface area (Å²) in [4.78, 5) is 0. The number of benzene rings is 3. The van der Waals surface area contributed by atoms with Crippen LogP contribution in [0, 0.1) is 26.7 Å². The van der Waals surface area contributed by atoms with Crippen molar-refractivity contribution in [3.05, 3.63) is 64.8 Å². The molecule has 2 nitrogen and oxygen atoms in total. The summed E-state index contributed by atoms with van der Waals surface area (Å²) in [6.07, 6.45) is 8.90. The minimum Gasteiger partial charge on any atom is -0.455 e. The minimum absolute atomic E-state index is 0.829. The molecule has 0 N–H and O–H groups in total. The van der Waals surface area contributed by atoms with E-state index in [0.717, 1.165) is 17.4 Å². The third-order valence-electron chi connectivity index (χ3n) is 7.70. The lowest BCUT2D eigenvalue weighted by Crippen LogP contribution is -2.32. The molecule has 1 aromatic heterocycles. The molecular formula is C29H30NO+. The fraction of sp³-hybridized carbons (Fsp3) is 0.345. The second-order valence-corrected chi connectivity index (χ2v) is 9.74. The van der Waals surface area contributed by atoms with Gasteiger partial charge >= 0.3 is 0 Å². The zero-order chi connectivity index (χ0) is 21.3. The van der Waals surface area contributed by atoms with Crippen LogP contribution in [0.1, 0.15) is 47.9 Å². The smallest absolute Gasteiger partial charge is 0.228 e. The van der Waals surface area contributed by atoms with E-state index in [2.05, 4.69) is 75.0 Å². The van der Waals surface area contributed by atoms with Gasteiger partial charge in [-0.3, -0.25) is 0 Å². The summed E-state index contributed by atoms with van der Waals surface area (Å²) >= 11 is 0. The van der Waals surface area contributed by atoms with Gasteiger partial charge in [0.25, 0.3) is 0 Å². The van der Waals surface area contributed by atoms with Crippen LogP contribution in [0.5, 0.6) is 11.5 Å². The molecule has 6 rings (SSSR count). The van der Waals surface area contributed by atoms with Crippen LogP contribution in [0.4, 0.5) is 0 Å². The Morgan fingerprint density at radius 3 is 2.58 bits per heavy atom. The van der Waals surface area contributed by atoms with Crippen LogP contribution in [-0.2, 0) is 13.5 Å². The molecule has 1 saturated carbocycles. The third kappa shape index (κ3) is 2.74. The first-order valence-electron chi connectivity index (χ1n) is 11.7. The second-order valence-electron chi connectivity index (χ2n) is 9.74. The quantitative estimate of drug-likeness (QED) is 0.280. The van der Waals surface area contributed by atoms with Gasteiger partial charge in [0.15, 0.2) is 6.20 Å². The molecule has 31 heavy (non-hydrogen) atoms. The van der Waals surface area contributed by atoms with Crippen molar-refractivity contribution in [2.75, 3.05) is 0 Å². The van der Waals surface area contributed by atoms with E-state index in [4.69, 9.17) is 4.74 Å². The first kappa shape index (κ1) is 18.9. The Balaban J connectivity index is 1.65. The number of rotatable bonds is 2. The molecule has 1 aliphatic heterocycles. The van der Waals surface area contributed by atoms with Gasteiger partial charge in [0.2, 0.25) is 5.69 Å². The lowest BCUT2D eigenvalue weighted by molar-refractivity contribution is -0.659. The van der Waals surface area contributed by atoms with E-state index in [-0.39, 0.29) is 0 Å². The highest BCUT2D eigenvalue weighted by Crippen LogP contribution is 2.51. The van der Waals surface area contributed by atoms with Gasteiger partial charge in [-0.25, -0.2) is 4.57 Å². The normalized spacial score (nSPS) is 15.5. The minimum atomic E-state index is 0.829. The van der Waals surface area contributed by atoms with E-state index < -0.39 is 0 Å². The Hall–Kier alpha value is -2.87. The van der Waals surface area contributed by atoms with Crippen molar-refractivity contribution in [1.29, 1.82) is 0 Å². The first-order valence-corrected chi connectivity index (χ1v) is 11.7. The van der Waals surface area contributed by atoms with Gasteiger partial charge in [0.05, 0.1) is 10.9 Å². The molecule has 4 aromatic rings. The molecule has 0 saturated heterocycles. The number of aromatic nitrogens is 1. The van der Waals surface area contributed by atoms with E-state index in [1.165, 1.54) is 87.2 Å². The summed E-state index contributed by atoms with van der Waals surface area (Å²) in [6.45, 7) is 6.68. The number of pyridine rings is 1. The largest absolute Gasteiger partial charge is 0.455 e. The van der Waals surface area contributed by atoms with Crippen LogP contribution in [0.2, 0.25) is 0 Å². The van der Waals surface area contributed by atoms with Gasteiger partial charge in [-0.15, -0.1) is 0 Å². The fourth-order valence-corrected chi connectivity index (χ4v) is 6.18. The van der Waals surface area contributed by atoms with Crippen molar-refractivity contribution in [1.82, 2.24) is 0 Å². The number of fused-ring (bicyclic) bond motifs is 3. The van der Waals surface area contributed by atoms with Crippen LogP contribution in [0.25, 0.3) is 32.8 Å². The third-order valence-corrected chi connectivity index (χ3v) is 7.70. The highest BCUT2D eigenvalue weighted by atomic mass is 16.5. The van der Waals surface area contributed by atoms with Gasteiger partial charge in [-0.05, 0) is 72.0 Å². The van der Waals surface area contributed by atoms with E-state index in [1.54, 1.807) is 0 Å². The molecule has 0 amide bonds. The number of hydrogen-bond acceptors (Lipinski definition) is 1. The lowest BCUT2D eigenvalue weighted by Gasteiger charge is -2.25. The summed E-state index contributed by atoms with van der Waals surface area (Å²) in [5.41, 5.74) is 7.82. The standard InChI is InChI=1S/C29H30NO/c1-17-8-7-11-23-18(2)26-28-27-22(12-13-30(28)4)15-21(14-20-9-5-6-10-20)16-24(27)31-29(26)19(3)25(17)23/h7-8,11-13,15-16,20H,5-6,9-10,14H2,1-4H3/q+1. The molecule has 0 radical (unpaired) electrons. The topological polar surface area (TPSA) is 13.1 Å². The van der Waals surface area contributed by atoms with Crippen molar-refractivity contribution in [3.8, 4) is 22.8 Å². The van der Waals surface area contributed by atoms with Crippen molar-refractivity contribution in [2.24, 2.45) is 13.0 Å². The molecule has 0 atom stereocenters. The van der Waals surface area contributed by atoms with Crippen LogP contribution < -0.4 is 9.30 Å². The molecule has 1 fully saturated rings. The van der Waals surface area contributed by atoms with Crippen molar-refractivity contribution in [3.63, 3.8) is 0 Å². The van der Waals surface area contributed by atoms with Crippen LogP contribution >= 0.6 is 0 Å². The number of ether oxygens (including phenoxy) is 1. The highest BCUT2D eigenvalue weighted by Gasteiger charge is 2.32. The molecule has 2 aliphatic rings. The molecule has 2 heteroatoms. The predicted octanol–water partition coefficient (Wildman–Crippen LogP) is 7.25. The van der Waals surface area contributed by atoms with Gasteiger partial charge in [-0.1, -0.05) is 49.9 Å². The van der Waals surface area contributed by atoms with E-state index >= 15 is 0 Å². The molecule has 1 aliphatic carbocycles. The average molecular weight is 409 g/mol. The van der Waals surface area contributed by atoms with Gasteiger partial charge < -0.3 is 4.74 Å². The van der Waals surface area contributed by atoms with Gasteiger partial charge in [-0.2, -0.15) is 0 Å². The summed E-state index contributed by atoms with van der Waals surface area (Å²) < 4.78 is 9.05. The van der Waals surface area contributed by atoms with Crippen LogP contribution in [-0.4, -0.2) is 0 Å². The lowest BCUT2D eigenvalue weighted by atomic mass is 9.87. The Bertz CT molecular complexity index is 1380. The monoisotopic (exact) mass is 408 g/mol. The van der Waals surface area contributed by atoms with E-state index in [1.807, 2.05) is 0 Å². The Morgan fingerprint density at radius 1 is 0.968 bits per heavy atom. The summed E-state index contributed by atoms with van der Waals surface area (Å²) in [7, 11) is 2.16. The number of aryl methyl sites for hydroxylation is 4. The maximum absolute atomic E-state index is 6.77. The Morgan fingerprint density at radius 2 is 1.77 bits per heavy atom. The second kappa shape index (κ2) is 6.82. The molecule has 0 unspecified atom stereocenters. The van der Waals surface area contributed by atoms with Gasteiger partial charge in [0.1, 0.15) is 18.5 Å². The number of hydrogen-bond donors (Lipinski definition) is 0. The SMILES string of the molecule is Cc1c2c(c(C)c3c(C)cccc13)Oc1cc(CC3CCCC3)cc3cc[n+](C)c-2c13. The maximum atomic E-state index is 6.77. The first-order chi connectivity index (χ1) is 15.0. The van der Waals surface area contributed by atoms with E-state index in [0.29, 0.717) is 0 Å². The Labute approximate surface area is 184 Å². The average Bonchev–Trinajstić information content (AvgIpc) is 3.26. The van der Waals surface area contributed by atoms with Crippen molar-refractivity contribution >= 4 is 21.5 Å². The summed E-state index contributed by atoms with van der Waals surface area (Å²) in [5.74, 6) is 2.89. The van der Waals surface area contributed by atoms with Crippen molar-refractivity contribution < 1.29 is 9.30 Å². The number of nitrogens with zero attached hydrogens (tertiary/aromatic N) is 1. The molecular weight excluding hydrogens is 378 g/mol. The zero-order valence-corrected chi connectivity index (χ0v) is 19.0. The summed E-state index contributed by atoms with van der Waals surface area (Å²) in [5, 5.41) is 5.21. The molecule has 0 bridgehead atoms.